The third-order valence-electron chi connectivity index (χ3n) is 2.14. The van der Waals surface area contributed by atoms with Crippen LogP contribution < -0.4 is 0 Å². The maximum atomic E-state index is 3.78. The number of hydrogen-bond donors (Lipinski definition) is 1. The van der Waals surface area contributed by atoms with Crippen LogP contribution in [-0.4, -0.2) is 4.98 Å². The monoisotopic (exact) mass is 173 g/mol. The van der Waals surface area contributed by atoms with Gasteiger partial charge in [-0.1, -0.05) is 31.4 Å². The van der Waals surface area contributed by atoms with E-state index in [0.717, 1.165) is 11.4 Å². The fraction of sp³-hybridized carbons (Fsp3) is 0.167. The number of aromatic amines is 1. The van der Waals surface area contributed by atoms with Crippen LogP contribution in [0.5, 0.6) is 0 Å². The van der Waals surface area contributed by atoms with Crippen molar-refractivity contribution in [1.82, 2.24) is 4.98 Å². The molecule has 13 heavy (non-hydrogen) atoms. The van der Waals surface area contributed by atoms with Gasteiger partial charge in [0.05, 0.1) is 0 Å². The molecule has 0 spiro atoms. The molecule has 1 heteroatoms. The van der Waals surface area contributed by atoms with Crippen LogP contribution in [0.1, 0.15) is 22.5 Å². The zero-order valence-electron chi connectivity index (χ0n) is 8.22. The highest BCUT2D eigenvalue weighted by Gasteiger charge is 2.04. The van der Waals surface area contributed by atoms with Crippen LogP contribution >= 0.6 is 0 Å². The number of rotatable bonds is 3. The van der Waals surface area contributed by atoms with Crippen LogP contribution in [0.25, 0.3) is 12.2 Å². The Bertz CT molecular complexity index is 353. The molecule has 0 fully saturated rings. The lowest BCUT2D eigenvalue weighted by molar-refractivity contribution is 1.24. The topological polar surface area (TPSA) is 15.8 Å². The average Bonchev–Trinajstić information content (AvgIpc) is 2.38. The molecule has 1 rings (SSSR count). The first-order valence-corrected chi connectivity index (χ1v) is 4.31. The van der Waals surface area contributed by atoms with Crippen molar-refractivity contribution in [3.63, 3.8) is 0 Å². The molecule has 0 aromatic carbocycles. The Balaban J connectivity index is 3.17. The number of H-pyrrole nitrogens is 1. The van der Waals surface area contributed by atoms with Crippen molar-refractivity contribution in [2.45, 2.75) is 13.8 Å². The summed E-state index contributed by atoms with van der Waals surface area (Å²) in [7, 11) is 0. The Kier molecular flexibility index (Phi) is 2.91. The third kappa shape index (κ3) is 1.81. The minimum atomic E-state index is 1.13. The first-order valence-electron chi connectivity index (χ1n) is 4.31. The van der Waals surface area contributed by atoms with Crippen molar-refractivity contribution in [3.05, 3.63) is 47.8 Å². The molecular formula is C12H15N. The molecule has 0 saturated heterocycles. The van der Waals surface area contributed by atoms with E-state index in [0.29, 0.717) is 0 Å². The summed E-state index contributed by atoms with van der Waals surface area (Å²) in [6, 6.07) is 0. The molecule has 0 atom stereocenters. The lowest BCUT2D eigenvalue weighted by Gasteiger charge is -1.91. The molecule has 0 bridgehead atoms. The van der Waals surface area contributed by atoms with Gasteiger partial charge in [0.25, 0.3) is 0 Å². The smallest absolute Gasteiger partial charge is 0.0418 e. The fourth-order valence-corrected chi connectivity index (χ4v) is 1.43. The predicted molar refractivity (Wildman–Crippen MR) is 59.6 cm³/mol. The van der Waals surface area contributed by atoms with E-state index in [-0.39, 0.29) is 0 Å². The molecule has 1 aromatic rings. The Labute approximate surface area is 79.5 Å². The van der Waals surface area contributed by atoms with Crippen molar-refractivity contribution >= 4 is 12.2 Å². The summed E-state index contributed by atoms with van der Waals surface area (Å²) < 4.78 is 0. The third-order valence-corrected chi connectivity index (χ3v) is 2.14. The lowest BCUT2D eigenvalue weighted by Crippen LogP contribution is -1.75. The van der Waals surface area contributed by atoms with Crippen LogP contribution in [0.15, 0.2) is 25.3 Å². The van der Waals surface area contributed by atoms with Gasteiger partial charge in [-0.25, -0.2) is 0 Å². The van der Waals surface area contributed by atoms with Crippen LogP contribution in [-0.2, 0) is 0 Å². The number of nitrogens with one attached hydrogen (secondary N) is 1. The number of aromatic nitrogens is 1. The van der Waals surface area contributed by atoms with E-state index in [1.54, 1.807) is 6.08 Å². The zero-order valence-corrected chi connectivity index (χ0v) is 8.22. The average molecular weight is 173 g/mol. The van der Waals surface area contributed by atoms with Gasteiger partial charge in [0.2, 0.25) is 0 Å². The van der Waals surface area contributed by atoms with Crippen molar-refractivity contribution in [1.29, 1.82) is 0 Å². The molecule has 0 amide bonds. The second kappa shape index (κ2) is 3.94. The van der Waals surface area contributed by atoms with E-state index in [2.05, 4.69) is 32.0 Å². The van der Waals surface area contributed by atoms with Crippen LogP contribution in [0, 0.1) is 13.8 Å². The second-order valence-corrected chi connectivity index (χ2v) is 3.00. The predicted octanol–water partition coefficient (Wildman–Crippen LogP) is 3.47. The quantitative estimate of drug-likeness (QED) is 0.673. The Hall–Kier alpha value is -1.50. The summed E-state index contributed by atoms with van der Waals surface area (Å²) in [4.78, 5) is 3.29. The molecule has 0 radical (unpaired) electrons. The first-order chi connectivity index (χ1) is 6.20. The molecule has 1 heterocycles. The van der Waals surface area contributed by atoms with Gasteiger partial charge in [-0.3, -0.25) is 0 Å². The Morgan fingerprint density at radius 1 is 1.23 bits per heavy atom. The fourth-order valence-electron chi connectivity index (χ4n) is 1.43. The largest absolute Gasteiger partial charge is 0.358 e. The van der Waals surface area contributed by atoms with Gasteiger partial charge in [-0.15, -0.1) is 0 Å². The maximum Gasteiger partial charge on any atom is 0.0418 e. The van der Waals surface area contributed by atoms with Crippen molar-refractivity contribution < 1.29 is 0 Å². The molecule has 0 aliphatic carbocycles. The minimum absolute atomic E-state index is 1.13. The summed E-state index contributed by atoms with van der Waals surface area (Å²) >= 11 is 0. The molecule has 1 nitrogen and oxygen atoms in total. The van der Waals surface area contributed by atoms with Gasteiger partial charge in [0, 0.05) is 11.4 Å². The number of hydrogen-bond acceptors (Lipinski definition) is 0. The van der Waals surface area contributed by atoms with E-state index in [4.69, 9.17) is 0 Å². The van der Waals surface area contributed by atoms with E-state index < -0.39 is 0 Å². The Morgan fingerprint density at radius 2 is 1.92 bits per heavy atom. The summed E-state index contributed by atoms with van der Waals surface area (Å²) in [5.41, 5.74) is 4.73. The molecule has 1 aromatic heterocycles. The van der Waals surface area contributed by atoms with E-state index >= 15 is 0 Å². The molecule has 68 valence electrons. The molecule has 0 saturated carbocycles. The summed E-state index contributed by atoms with van der Waals surface area (Å²) in [6.45, 7) is 11.6. The van der Waals surface area contributed by atoms with E-state index in [1.165, 1.54) is 11.1 Å². The van der Waals surface area contributed by atoms with Crippen LogP contribution in [0.3, 0.4) is 0 Å². The number of aryl methyl sites for hydroxylation is 1. The standard InChI is InChI=1S/C12H15N/c1-5-7-8-12-9(3)11(6-2)10(4)13-12/h5-8,13H,1-2H2,3-4H3/b8-7-. The van der Waals surface area contributed by atoms with E-state index in [9.17, 15) is 0 Å². The highest BCUT2D eigenvalue weighted by molar-refractivity contribution is 5.63. The van der Waals surface area contributed by atoms with Crippen molar-refractivity contribution in [2.75, 3.05) is 0 Å². The molecule has 0 aliphatic rings. The zero-order chi connectivity index (χ0) is 9.84. The van der Waals surface area contributed by atoms with Gasteiger partial charge < -0.3 is 4.98 Å². The first kappa shape index (κ1) is 9.59. The SMILES string of the molecule is C=C/C=C\c1[nH]c(C)c(C=C)c1C. The van der Waals surface area contributed by atoms with Gasteiger partial charge in [0.1, 0.15) is 0 Å². The summed E-state index contributed by atoms with van der Waals surface area (Å²) in [5, 5.41) is 0. The van der Waals surface area contributed by atoms with Gasteiger partial charge in [0.15, 0.2) is 0 Å². The molecule has 0 aliphatic heterocycles. The maximum absolute atomic E-state index is 3.78. The normalized spacial score (nSPS) is 10.6. The lowest BCUT2D eigenvalue weighted by atomic mass is 10.1. The summed E-state index contributed by atoms with van der Waals surface area (Å²) in [6.07, 6.45) is 7.59. The van der Waals surface area contributed by atoms with Gasteiger partial charge >= 0.3 is 0 Å². The van der Waals surface area contributed by atoms with Crippen molar-refractivity contribution in [3.8, 4) is 0 Å². The van der Waals surface area contributed by atoms with Gasteiger partial charge in [-0.05, 0) is 31.1 Å². The minimum Gasteiger partial charge on any atom is -0.358 e. The highest BCUT2D eigenvalue weighted by atomic mass is 14.7. The summed E-state index contributed by atoms with van der Waals surface area (Å²) in [5.74, 6) is 0. The highest BCUT2D eigenvalue weighted by Crippen LogP contribution is 2.19. The molecule has 0 unspecified atom stereocenters. The number of allylic oxidation sites excluding steroid dienone is 2. The van der Waals surface area contributed by atoms with E-state index in [1.807, 2.05) is 18.2 Å². The molecular weight excluding hydrogens is 158 g/mol. The molecule has 1 N–H and O–H groups in total. The van der Waals surface area contributed by atoms with Crippen LogP contribution in [0.4, 0.5) is 0 Å². The Morgan fingerprint density at radius 3 is 2.38 bits per heavy atom. The van der Waals surface area contributed by atoms with Gasteiger partial charge in [-0.2, -0.15) is 0 Å². The van der Waals surface area contributed by atoms with Crippen LogP contribution in [0.2, 0.25) is 0 Å². The second-order valence-electron chi connectivity index (χ2n) is 3.00. The van der Waals surface area contributed by atoms with Crippen molar-refractivity contribution in [2.24, 2.45) is 0 Å².